The van der Waals surface area contributed by atoms with Crippen LogP contribution in [0.3, 0.4) is 0 Å². The monoisotopic (exact) mass is 247 g/mol. The Kier molecular flexibility index (Phi) is 3.91. The van der Waals surface area contributed by atoms with Gasteiger partial charge in [-0.15, -0.1) is 0 Å². The third-order valence-electron chi connectivity index (χ3n) is 3.70. The van der Waals surface area contributed by atoms with Crippen molar-refractivity contribution >= 4 is 5.82 Å². The summed E-state index contributed by atoms with van der Waals surface area (Å²) in [4.78, 5) is 6.92. The Labute approximate surface area is 111 Å². The van der Waals surface area contributed by atoms with Crippen LogP contribution < -0.4 is 5.32 Å². The average Bonchev–Trinajstić information content (AvgIpc) is 2.32. The molecule has 1 saturated heterocycles. The summed E-state index contributed by atoms with van der Waals surface area (Å²) in [5.41, 5.74) is 1.47. The van der Waals surface area contributed by atoms with Crippen molar-refractivity contribution in [3.63, 3.8) is 0 Å². The van der Waals surface area contributed by atoms with Crippen LogP contribution in [-0.2, 0) is 5.41 Å². The van der Waals surface area contributed by atoms with E-state index in [1.54, 1.807) is 0 Å². The maximum atomic E-state index is 4.53. The largest absolute Gasteiger partial charge is 0.367 e. The van der Waals surface area contributed by atoms with Crippen molar-refractivity contribution in [2.75, 3.05) is 25.5 Å². The van der Waals surface area contributed by atoms with Gasteiger partial charge in [-0.3, -0.25) is 0 Å². The number of anilines is 1. The van der Waals surface area contributed by atoms with Gasteiger partial charge in [0.15, 0.2) is 0 Å². The molecule has 1 N–H and O–H groups in total. The quantitative estimate of drug-likeness (QED) is 0.871. The Morgan fingerprint density at radius 3 is 2.39 bits per heavy atom. The Morgan fingerprint density at radius 1 is 1.22 bits per heavy atom. The van der Waals surface area contributed by atoms with Crippen LogP contribution >= 0.6 is 0 Å². The molecule has 0 aliphatic carbocycles. The minimum absolute atomic E-state index is 0.180. The van der Waals surface area contributed by atoms with Gasteiger partial charge in [-0.25, -0.2) is 4.98 Å². The molecule has 0 spiro atoms. The van der Waals surface area contributed by atoms with Gasteiger partial charge in [0.1, 0.15) is 5.82 Å². The molecular formula is C15H25N3. The second-order valence-corrected chi connectivity index (χ2v) is 6.40. The highest BCUT2D eigenvalue weighted by molar-refractivity contribution is 5.38. The number of rotatable bonds is 2. The van der Waals surface area contributed by atoms with Crippen LogP contribution in [0.25, 0.3) is 0 Å². The standard InChI is InChI=1S/C15H25N3/c1-15(2,3)12-5-6-14(16-11-12)17-13-7-9-18(4)10-8-13/h5-6,11,13H,7-10H2,1-4H3,(H,16,17). The van der Waals surface area contributed by atoms with E-state index in [2.05, 4.69) is 55.2 Å². The lowest BCUT2D eigenvalue weighted by molar-refractivity contribution is 0.263. The highest BCUT2D eigenvalue weighted by Crippen LogP contribution is 2.22. The van der Waals surface area contributed by atoms with E-state index in [9.17, 15) is 0 Å². The maximum Gasteiger partial charge on any atom is 0.126 e. The first kappa shape index (κ1) is 13.3. The Hall–Kier alpha value is -1.09. The van der Waals surface area contributed by atoms with Gasteiger partial charge < -0.3 is 10.2 Å². The zero-order valence-corrected chi connectivity index (χ0v) is 12.0. The zero-order chi connectivity index (χ0) is 13.2. The van der Waals surface area contributed by atoms with E-state index in [1.165, 1.54) is 31.5 Å². The maximum absolute atomic E-state index is 4.53. The molecule has 100 valence electrons. The van der Waals surface area contributed by atoms with Gasteiger partial charge in [0.2, 0.25) is 0 Å². The van der Waals surface area contributed by atoms with Crippen molar-refractivity contribution in [3.8, 4) is 0 Å². The van der Waals surface area contributed by atoms with E-state index < -0.39 is 0 Å². The molecule has 3 heteroatoms. The number of likely N-dealkylation sites (tertiary alicyclic amines) is 1. The summed E-state index contributed by atoms with van der Waals surface area (Å²) < 4.78 is 0. The molecule has 0 saturated carbocycles. The Bertz CT molecular complexity index is 370. The molecule has 0 unspecified atom stereocenters. The molecule has 2 heterocycles. The highest BCUT2D eigenvalue weighted by Gasteiger charge is 2.17. The lowest BCUT2D eigenvalue weighted by Crippen LogP contribution is -2.36. The third-order valence-corrected chi connectivity index (χ3v) is 3.70. The average molecular weight is 247 g/mol. The van der Waals surface area contributed by atoms with Crippen LogP contribution in [0, 0.1) is 0 Å². The van der Waals surface area contributed by atoms with Gasteiger partial charge >= 0.3 is 0 Å². The summed E-state index contributed by atoms with van der Waals surface area (Å²) >= 11 is 0. The predicted molar refractivity (Wildman–Crippen MR) is 77.1 cm³/mol. The van der Waals surface area contributed by atoms with Crippen LogP contribution in [-0.4, -0.2) is 36.1 Å². The molecule has 0 amide bonds. The van der Waals surface area contributed by atoms with Gasteiger partial charge in [-0.1, -0.05) is 26.8 Å². The molecule has 18 heavy (non-hydrogen) atoms. The minimum atomic E-state index is 0.180. The van der Waals surface area contributed by atoms with E-state index >= 15 is 0 Å². The van der Waals surface area contributed by atoms with Crippen LogP contribution in [0.15, 0.2) is 18.3 Å². The molecule has 2 rings (SSSR count). The van der Waals surface area contributed by atoms with E-state index in [1.807, 2.05) is 6.20 Å². The Morgan fingerprint density at radius 2 is 1.89 bits per heavy atom. The first-order chi connectivity index (χ1) is 8.45. The van der Waals surface area contributed by atoms with E-state index in [4.69, 9.17) is 0 Å². The molecule has 3 nitrogen and oxygen atoms in total. The van der Waals surface area contributed by atoms with Gasteiger partial charge in [0.05, 0.1) is 0 Å². The summed E-state index contributed by atoms with van der Waals surface area (Å²) in [6, 6.07) is 4.87. The van der Waals surface area contributed by atoms with Crippen LogP contribution in [0.5, 0.6) is 0 Å². The lowest BCUT2D eigenvalue weighted by Gasteiger charge is -2.30. The van der Waals surface area contributed by atoms with Crippen molar-refractivity contribution in [2.45, 2.75) is 45.1 Å². The summed E-state index contributed by atoms with van der Waals surface area (Å²) in [5.74, 6) is 1.01. The van der Waals surface area contributed by atoms with Crippen molar-refractivity contribution in [1.29, 1.82) is 0 Å². The van der Waals surface area contributed by atoms with Gasteiger partial charge in [-0.2, -0.15) is 0 Å². The first-order valence-electron chi connectivity index (χ1n) is 6.87. The van der Waals surface area contributed by atoms with Crippen LogP contribution in [0.4, 0.5) is 5.82 Å². The van der Waals surface area contributed by atoms with Crippen molar-refractivity contribution in [3.05, 3.63) is 23.9 Å². The number of pyridine rings is 1. The SMILES string of the molecule is CN1CCC(Nc2ccc(C(C)(C)C)cn2)CC1. The van der Waals surface area contributed by atoms with E-state index in [0.717, 1.165) is 5.82 Å². The lowest BCUT2D eigenvalue weighted by atomic mass is 9.88. The molecule has 0 aromatic carbocycles. The topological polar surface area (TPSA) is 28.2 Å². The molecular weight excluding hydrogens is 222 g/mol. The van der Waals surface area contributed by atoms with Crippen molar-refractivity contribution < 1.29 is 0 Å². The van der Waals surface area contributed by atoms with Crippen LogP contribution in [0.1, 0.15) is 39.2 Å². The normalized spacial score (nSPS) is 18.9. The number of hydrogen-bond acceptors (Lipinski definition) is 3. The van der Waals surface area contributed by atoms with E-state index in [-0.39, 0.29) is 5.41 Å². The second kappa shape index (κ2) is 5.27. The number of piperidine rings is 1. The second-order valence-electron chi connectivity index (χ2n) is 6.40. The zero-order valence-electron chi connectivity index (χ0n) is 12.0. The number of nitrogens with zero attached hydrogens (tertiary/aromatic N) is 2. The fourth-order valence-corrected chi connectivity index (χ4v) is 2.28. The number of hydrogen-bond donors (Lipinski definition) is 1. The molecule has 1 aromatic heterocycles. The third kappa shape index (κ3) is 3.45. The van der Waals surface area contributed by atoms with Gasteiger partial charge in [-0.05, 0) is 50.0 Å². The number of aromatic nitrogens is 1. The molecule has 0 atom stereocenters. The molecule has 0 radical (unpaired) electrons. The molecule has 1 aliphatic rings. The predicted octanol–water partition coefficient (Wildman–Crippen LogP) is 2.89. The molecule has 1 aliphatic heterocycles. The Balaban J connectivity index is 1.94. The summed E-state index contributed by atoms with van der Waals surface area (Å²) in [6.45, 7) is 9.01. The van der Waals surface area contributed by atoms with Crippen LogP contribution in [0.2, 0.25) is 0 Å². The van der Waals surface area contributed by atoms with Gasteiger partial charge in [0.25, 0.3) is 0 Å². The minimum Gasteiger partial charge on any atom is -0.367 e. The van der Waals surface area contributed by atoms with Gasteiger partial charge in [0, 0.05) is 12.2 Å². The molecule has 1 aromatic rings. The van der Waals surface area contributed by atoms with Crippen molar-refractivity contribution in [2.24, 2.45) is 0 Å². The summed E-state index contributed by atoms with van der Waals surface area (Å²) in [7, 11) is 2.19. The summed E-state index contributed by atoms with van der Waals surface area (Å²) in [5, 5.41) is 3.54. The van der Waals surface area contributed by atoms with Crippen molar-refractivity contribution in [1.82, 2.24) is 9.88 Å². The summed E-state index contributed by atoms with van der Waals surface area (Å²) in [6.07, 6.45) is 4.41. The molecule has 0 bridgehead atoms. The first-order valence-corrected chi connectivity index (χ1v) is 6.87. The fraction of sp³-hybridized carbons (Fsp3) is 0.667. The van der Waals surface area contributed by atoms with E-state index in [0.29, 0.717) is 6.04 Å². The highest BCUT2D eigenvalue weighted by atomic mass is 15.1. The molecule has 1 fully saturated rings. The fourth-order valence-electron chi connectivity index (χ4n) is 2.28. The smallest absolute Gasteiger partial charge is 0.126 e. The number of nitrogens with one attached hydrogen (secondary N) is 1.